The van der Waals surface area contributed by atoms with Crippen LogP contribution in [0.2, 0.25) is 0 Å². The maximum Gasteiger partial charge on any atom is 0.433 e. The Morgan fingerprint density at radius 2 is 1.54 bits per heavy atom. The van der Waals surface area contributed by atoms with Gasteiger partial charge in [0.1, 0.15) is 23.5 Å². The third kappa shape index (κ3) is 9.05. The number of esters is 1. The SMILES string of the molecule is CC(C)(C)OC(=O)c1ccc(N2CCC(CN3CCN(C[C@H]4OC[C@H](Nc5nc(C(F)(F)F)ccc5F)[C@H]5OC(C)(C)O[C@H]54)CC3)CC2)cc1. The molecule has 14 heteroatoms. The lowest BCUT2D eigenvalue weighted by Crippen LogP contribution is -2.58. The van der Waals surface area contributed by atoms with Crippen molar-refractivity contribution in [1.29, 1.82) is 0 Å². The molecule has 4 atom stereocenters. The maximum atomic E-state index is 14.5. The summed E-state index contributed by atoms with van der Waals surface area (Å²) in [5.74, 6) is -2.00. The molecule has 276 valence electrons. The van der Waals surface area contributed by atoms with Gasteiger partial charge in [-0.2, -0.15) is 13.2 Å². The normalized spacial score (nSPS) is 26.9. The molecule has 6 rings (SSSR count). The van der Waals surface area contributed by atoms with E-state index in [-0.39, 0.29) is 18.7 Å². The molecule has 4 aliphatic rings. The zero-order valence-electron chi connectivity index (χ0n) is 29.5. The highest BCUT2D eigenvalue weighted by Gasteiger charge is 2.52. The predicted octanol–water partition coefficient (Wildman–Crippen LogP) is 5.43. The Bertz CT molecular complexity index is 1470. The minimum atomic E-state index is -4.70. The molecule has 0 bridgehead atoms. The van der Waals surface area contributed by atoms with Crippen LogP contribution in [-0.4, -0.2) is 115 Å². The van der Waals surface area contributed by atoms with Gasteiger partial charge in [0.25, 0.3) is 0 Å². The summed E-state index contributed by atoms with van der Waals surface area (Å²) in [4.78, 5) is 23.1. The molecule has 1 N–H and O–H groups in total. The van der Waals surface area contributed by atoms with Gasteiger partial charge in [-0.25, -0.2) is 14.2 Å². The molecule has 1 aromatic heterocycles. The minimum absolute atomic E-state index is 0.106. The van der Waals surface area contributed by atoms with E-state index in [1.807, 2.05) is 45.0 Å². The molecular weight excluding hydrogens is 658 g/mol. The van der Waals surface area contributed by atoms with Gasteiger partial charge in [0, 0.05) is 58.0 Å². The number of ether oxygens (including phenoxy) is 4. The van der Waals surface area contributed by atoms with E-state index in [4.69, 9.17) is 18.9 Å². The molecule has 1 aromatic carbocycles. The molecule has 10 nitrogen and oxygen atoms in total. The van der Waals surface area contributed by atoms with Crippen molar-refractivity contribution < 1.29 is 41.3 Å². The lowest BCUT2D eigenvalue weighted by atomic mass is 9.95. The Morgan fingerprint density at radius 3 is 2.16 bits per heavy atom. The van der Waals surface area contributed by atoms with Crippen molar-refractivity contribution in [2.75, 3.05) is 69.2 Å². The summed E-state index contributed by atoms with van der Waals surface area (Å²) in [5, 5.41) is 2.81. The van der Waals surface area contributed by atoms with Gasteiger partial charge in [0.2, 0.25) is 0 Å². The fraction of sp³-hybridized carbons (Fsp3) is 0.667. The van der Waals surface area contributed by atoms with E-state index in [1.54, 1.807) is 13.8 Å². The largest absolute Gasteiger partial charge is 0.456 e. The van der Waals surface area contributed by atoms with Crippen molar-refractivity contribution in [1.82, 2.24) is 14.8 Å². The van der Waals surface area contributed by atoms with Crippen LogP contribution in [-0.2, 0) is 25.1 Å². The summed E-state index contributed by atoms with van der Waals surface area (Å²) < 4.78 is 78.3. The van der Waals surface area contributed by atoms with Gasteiger partial charge in [-0.05, 0) is 89.8 Å². The number of carbonyl (C=O) groups is 1. The van der Waals surface area contributed by atoms with Crippen LogP contribution in [0.25, 0.3) is 0 Å². The molecule has 4 fully saturated rings. The summed E-state index contributed by atoms with van der Waals surface area (Å²) in [7, 11) is 0. The van der Waals surface area contributed by atoms with E-state index in [2.05, 4.69) is 25.0 Å². The second-order valence-electron chi connectivity index (χ2n) is 15.3. The molecule has 0 saturated carbocycles. The van der Waals surface area contributed by atoms with E-state index in [9.17, 15) is 22.4 Å². The first-order valence-corrected chi connectivity index (χ1v) is 17.5. The molecule has 4 saturated heterocycles. The fourth-order valence-electron chi connectivity index (χ4n) is 7.28. The highest BCUT2D eigenvalue weighted by Crippen LogP contribution is 2.37. The third-order valence-corrected chi connectivity index (χ3v) is 9.78. The standard InChI is InChI=1S/C36H49F4N5O5/c1-34(2,3)50-33(46)24-6-8-25(9-7-24)45-14-12-23(13-15-45)20-43-16-18-44(19-17-43)21-28-31-30(48-35(4,5)49-31)27(22-47-28)41-32-26(37)10-11-29(42-32)36(38,39)40/h6-11,23,27-28,30-31H,12-22H2,1-5H3,(H,41,42)/t27-,28+,30+,31-/m0/s1. The van der Waals surface area contributed by atoms with Gasteiger partial charge in [-0.15, -0.1) is 0 Å². The Hall–Kier alpha value is -3.04. The van der Waals surface area contributed by atoms with Crippen LogP contribution in [0, 0.1) is 11.7 Å². The summed E-state index contributed by atoms with van der Waals surface area (Å²) in [6.07, 6.45) is -3.84. The average Bonchev–Trinajstić information content (AvgIpc) is 3.39. The molecule has 0 amide bonds. The van der Waals surface area contributed by atoms with Gasteiger partial charge >= 0.3 is 12.1 Å². The van der Waals surface area contributed by atoms with Crippen LogP contribution < -0.4 is 10.2 Å². The van der Waals surface area contributed by atoms with Crippen molar-refractivity contribution in [2.45, 2.75) is 89.4 Å². The number of alkyl halides is 3. The summed E-state index contributed by atoms with van der Waals surface area (Å²) in [5.41, 5.74) is -0.0182. The molecule has 2 aromatic rings. The van der Waals surface area contributed by atoms with Crippen LogP contribution in [0.5, 0.6) is 0 Å². The zero-order chi connectivity index (χ0) is 35.8. The number of piperazine rings is 1. The second kappa shape index (κ2) is 14.5. The highest BCUT2D eigenvalue weighted by atomic mass is 19.4. The summed E-state index contributed by atoms with van der Waals surface area (Å²) >= 11 is 0. The van der Waals surface area contributed by atoms with Crippen molar-refractivity contribution >= 4 is 17.5 Å². The van der Waals surface area contributed by atoms with Crippen molar-refractivity contribution in [3.05, 3.63) is 53.5 Å². The predicted molar refractivity (Wildman–Crippen MR) is 180 cm³/mol. The minimum Gasteiger partial charge on any atom is -0.456 e. The Morgan fingerprint density at radius 1 is 0.920 bits per heavy atom. The number of pyridine rings is 1. The number of anilines is 2. The first kappa shape index (κ1) is 36.7. The number of nitrogens with one attached hydrogen (secondary N) is 1. The van der Waals surface area contributed by atoms with Gasteiger partial charge in [0.15, 0.2) is 17.4 Å². The van der Waals surface area contributed by atoms with E-state index in [0.717, 1.165) is 70.4 Å². The van der Waals surface area contributed by atoms with E-state index >= 15 is 0 Å². The average molecular weight is 708 g/mol. The lowest BCUT2D eigenvalue weighted by molar-refractivity contribution is -0.156. The third-order valence-electron chi connectivity index (χ3n) is 9.78. The van der Waals surface area contributed by atoms with Crippen molar-refractivity contribution in [3.8, 4) is 0 Å². The number of carbonyl (C=O) groups excluding carboxylic acids is 1. The number of hydrogen-bond donors (Lipinski definition) is 1. The second-order valence-corrected chi connectivity index (χ2v) is 15.3. The summed E-state index contributed by atoms with van der Waals surface area (Å²) in [6, 6.07) is 8.42. The number of nitrogens with zero attached hydrogens (tertiary/aromatic N) is 4. The van der Waals surface area contributed by atoms with Gasteiger partial charge in [-0.1, -0.05) is 0 Å². The number of piperidine rings is 1. The van der Waals surface area contributed by atoms with Crippen molar-refractivity contribution in [3.63, 3.8) is 0 Å². The molecule has 4 aliphatic heterocycles. The quantitative estimate of drug-likeness (QED) is 0.283. The number of rotatable bonds is 8. The van der Waals surface area contributed by atoms with Gasteiger partial charge in [0.05, 0.1) is 24.3 Å². The Labute approximate surface area is 291 Å². The Balaban J connectivity index is 0.957. The number of fused-ring (bicyclic) bond motifs is 1. The number of hydrogen-bond acceptors (Lipinski definition) is 10. The molecule has 0 aliphatic carbocycles. The van der Waals surface area contributed by atoms with Crippen LogP contribution in [0.3, 0.4) is 0 Å². The number of aromatic nitrogens is 1. The first-order chi connectivity index (χ1) is 23.5. The Kier molecular flexibility index (Phi) is 10.7. The molecule has 0 spiro atoms. The van der Waals surface area contributed by atoms with E-state index in [0.29, 0.717) is 24.1 Å². The number of halogens is 4. The van der Waals surface area contributed by atoms with E-state index in [1.165, 1.54) is 0 Å². The molecule has 0 unspecified atom stereocenters. The molecular formula is C36H49F4N5O5. The van der Waals surface area contributed by atoms with E-state index < -0.39 is 53.1 Å². The smallest absolute Gasteiger partial charge is 0.433 e. The van der Waals surface area contributed by atoms with Crippen molar-refractivity contribution in [2.24, 2.45) is 5.92 Å². The van der Waals surface area contributed by atoms with Gasteiger partial charge < -0.3 is 34.1 Å². The van der Waals surface area contributed by atoms with Crippen LogP contribution in [0.15, 0.2) is 36.4 Å². The fourth-order valence-corrected chi connectivity index (χ4v) is 7.28. The summed E-state index contributed by atoms with van der Waals surface area (Å²) in [6.45, 7) is 16.6. The topological polar surface area (TPSA) is 88.6 Å². The monoisotopic (exact) mass is 707 g/mol. The van der Waals surface area contributed by atoms with Crippen LogP contribution in [0.4, 0.5) is 29.1 Å². The van der Waals surface area contributed by atoms with Gasteiger partial charge in [-0.3, -0.25) is 4.90 Å². The number of benzene rings is 1. The molecule has 50 heavy (non-hydrogen) atoms. The molecule has 0 radical (unpaired) electrons. The maximum absolute atomic E-state index is 14.5. The highest BCUT2D eigenvalue weighted by molar-refractivity contribution is 5.90. The lowest BCUT2D eigenvalue weighted by Gasteiger charge is -2.42. The van der Waals surface area contributed by atoms with Crippen LogP contribution >= 0.6 is 0 Å². The zero-order valence-corrected chi connectivity index (χ0v) is 29.5. The van der Waals surface area contributed by atoms with Crippen LogP contribution in [0.1, 0.15) is 63.5 Å². The first-order valence-electron chi connectivity index (χ1n) is 17.5. The molecule has 5 heterocycles.